The largest absolute Gasteiger partial charge is 0.340 e. The molecule has 1 N–H and O–H groups in total. The van der Waals surface area contributed by atoms with Gasteiger partial charge >= 0.3 is 0 Å². The maximum absolute atomic E-state index is 12.7. The number of nitrogens with zero attached hydrogens (tertiary/aromatic N) is 2. The molecule has 1 aliphatic heterocycles. The van der Waals surface area contributed by atoms with Crippen LogP contribution in [0.1, 0.15) is 21.5 Å². The summed E-state index contributed by atoms with van der Waals surface area (Å²) in [5.74, 6) is -0.197. The van der Waals surface area contributed by atoms with E-state index in [1.54, 1.807) is 18.5 Å². The van der Waals surface area contributed by atoms with Crippen LogP contribution in [0.2, 0.25) is 5.02 Å². The van der Waals surface area contributed by atoms with Crippen molar-refractivity contribution in [2.45, 2.75) is 13.3 Å². The van der Waals surface area contributed by atoms with Crippen LogP contribution < -0.4 is 10.2 Å². The molecule has 0 atom stereocenters. The molecule has 2 aromatic carbocycles. The molecule has 0 unspecified atom stereocenters. The SMILES string of the molecule is Cc1c(Cl)cccc1NC(=O)c1cncc(N2CCc3ccccc32)c1. The smallest absolute Gasteiger partial charge is 0.257 e. The molecule has 4 rings (SSSR count). The Labute approximate surface area is 157 Å². The van der Waals surface area contributed by atoms with E-state index in [1.165, 1.54) is 11.3 Å². The maximum atomic E-state index is 12.7. The molecule has 4 nitrogen and oxygen atoms in total. The Balaban J connectivity index is 1.60. The van der Waals surface area contributed by atoms with Crippen molar-refractivity contribution in [2.75, 3.05) is 16.8 Å². The van der Waals surface area contributed by atoms with Crippen LogP contribution in [0.15, 0.2) is 60.9 Å². The molecule has 1 aromatic heterocycles. The van der Waals surface area contributed by atoms with Crippen LogP contribution in [0, 0.1) is 6.92 Å². The second-order valence-electron chi connectivity index (χ2n) is 6.33. The third kappa shape index (κ3) is 3.04. The van der Waals surface area contributed by atoms with E-state index in [0.717, 1.165) is 24.2 Å². The fourth-order valence-corrected chi connectivity index (χ4v) is 3.42. The summed E-state index contributed by atoms with van der Waals surface area (Å²) in [4.78, 5) is 19.2. The summed E-state index contributed by atoms with van der Waals surface area (Å²) in [5.41, 5.74) is 5.49. The highest BCUT2D eigenvalue weighted by atomic mass is 35.5. The molecular formula is C21H18ClN3O. The minimum absolute atomic E-state index is 0.197. The Morgan fingerprint density at radius 3 is 2.88 bits per heavy atom. The fourth-order valence-electron chi connectivity index (χ4n) is 3.24. The number of benzene rings is 2. The third-order valence-electron chi connectivity index (χ3n) is 4.70. The molecule has 3 aromatic rings. The molecule has 1 amide bonds. The van der Waals surface area contributed by atoms with Crippen molar-refractivity contribution in [3.8, 4) is 0 Å². The van der Waals surface area contributed by atoms with Crippen LogP contribution in [-0.2, 0) is 6.42 Å². The number of carbonyl (C=O) groups excluding carboxylic acids is 1. The van der Waals surface area contributed by atoms with E-state index in [2.05, 4.69) is 33.4 Å². The summed E-state index contributed by atoms with van der Waals surface area (Å²) in [7, 11) is 0. The van der Waals surface area contributed by atoms with Crippen molar-refractivity contribution in [3.05, 3.63) is 82.6 Å². The zero-order valence-electron chi connectivity index (χ0n) is 14.4. The van der Waals surface area contributed by atoms with Gasteiger partial charge in [0.25, 0.3) is 5.91 Å². The summed E-state index contributed by atoms with van der Waals surface area (Å²) in [5, 5.41) is 3.55. The molecule has 5 heteroatoms. The first kappa shape index (κ1) is 16.6. The zero-order chi connectivity index (χ0) is 18.1. The molecule has 0 fully saturated rings. The number of amides is 1. The number of halogens is 1. The van der Waals surface area contributed by atoms with E-state index < -0.39 is 0 Å². The maximum Gasteiger partial charge on any atom is 0.257 e. The first-order valence-corrected chi connectivity index (χ1v) is 8.88. The minimum Gasteiger partial charge on any atom is -0.340 e. The third-order valence-corrected chi connectivity index (χ3v) is 5.11. The quantitative estimate of drug-likeness (QED) is 0.713. The minimum atomic E-state index is -0.197. The topological polar surface area (TPSA) is 45.2 Å². The van der Waals surface area contributed by atoms with Gasteiger partial charge in [-0.15, -0.1) is 0 Å². The van der Waals surface area contributed by atoms with Gasteiger partial charge in [-0.25, -0.2) is 0 Å². The van der Waals surface area contributed by atoms with E-state index in [9.17, 15) is 4.79 Å². The number of hydrogen-bond acceptors (Lipinski definition) is 3. The molecule has 0 saturated heterocycles. The standard InChI is InChI=1S/C21H18ClN3O/c1-14-18(22)6-4-7-19(14)24-21(26)16-11-17(13-23-12-16)25-10-9-15-5-2-3-8-20(15)25/h2-8,11-13H,9-10H2,1H3,(H,24,26). The van der Waals surface area contributed by atoms with Crippen LogP contribution in [0.4, 0.5) is 17.1 Å². The van der Waals surface area contributed by atoms with Crippen molar-refractivity contribution in [3.63, 3.8) is 0 Å². The van der Waals surface area contributed by atoms with E-state index in [4.69, 9.17) is 11.6 Å². The Bertz CT molecular complexity index is 986. The Kier molecular flexibility index (Phi) is 4.35. The van der Waals surface area contributed by atoms with Gasteiger partial charge in [-0.2, -0.15) is 0 Å². The molecule has 0 spiro atoms. The van der Waals surface area contributed by atoms with Gasteiger partial charge in [0.15, 0.2) is 0 Å². The average Bonchev–Trinajstić information content (AvgIpc) is 3.10. The monoisotopic (exact) mass is 363 g/mol. The Morgan fingerprint density at radius 1 is 1.15 bits per heavy atom. The van der Waals surface area contributed by atoms with Crippen LogP contribution in [0.3, 0.4) is 0 Å². The van der Waals surface area contributed by atoms with E-state index in [1.807, 2.05) is 31.2 Å². The van der Waals surface area contributed by atoms with Crippen molar-refractivity contribution >= 4 is 34.6 Å². The van der Waals surface area contributed by atoms with Gasteiger partial charge in [0.2, 0.25) is 0 Å². The molecule has 2 heterocycles. The molecule has 0 saturated carbocycles. The summed E-state index contributed by atoms with van der Waals surface area (Å²) in [6.07, 6.45) is 4.37. The van der Waals surface area contributed by atoms with E-state index >= 15 is 0 Å². The number of para-hydroxylation sites is 1. The van der Waals surface area contributed by atoms with Gasteiger partial charge in [0, 0.05) is 29.1 Å². The van der Waals surface area contributed by atoms with Crippen LogP contribution in [0.5, 0.6) is 0 Å². The second kappa shape index (κ2) is 6.81. The first-order valence-electron chi connectivity index (χ1n) is 8.50. The number of fused-ring (bicyclic) bond motifs is 1. The Hall–Kier alpha value is -2.85. The molecule has 26 heavy (non-hydrogen) atoms. The zero-order valence-corrected chi connectivity index (χ0v) is 15.1. The highest BCUT2D eigenvalue weighted by Crippen LogP contribution is 2.34. The van der Waals surface area contributed by atoms with Gasteiger partial charge in [-0.1, -0.05) is 35.9 Å². The van der Waals surface area contributed by atoms with Gasteiger partial charge in [-0.05, 0) is 48.7 Å². The van der Waals surface area contributed by atoms with Gasteiger partial charge in [0.1, 0.15) is 0 Å². The van der Waals surface area contributed by atoms with Gasteiger partial charge in [-0.3, -0.25) is 9.78 Å². The molecule has 0 radical (unpaired) electrons. The number of aromatic nitrogens is 1. The van der Waals surface area contributed by atoms with Crippen molar-refractivity contribution in [1.29, 1.82) is 0 Å². The summed E-state index contributed by atoms with van der Waals surface area (Å²) in [6, 6.07) is 15.7. The molecule has 0 aliphatic carbocycles. The van der Waals surface area contributed by atoms with Crippen LogP contribution in [-0.4, -0.2) is 17.4 Å². The van der Waals surface area contributed by atoms with Crippen molar-refractivity contribution < 1.29 is 4.79 Å². The molecule has 0 bridgehead atoms. The highest BCUT2D eigenvalue weighted by molar-refractivity contribution is 6.31. The fraction of sp³-hybridized carbons (Fsp3) is 0.143. The van der Waals surface area contributed by atoms with Crippen molar-refractivity contribution in [2.24, 2.45) is 0 Å². The predicted octanol–water partition coefficient (Wildman–Crippen LogP) is 4.99. The normalized spacial score (nSPS) is 12.8. The molecule has 130 valence electrons. The number of hydrogen-bond donors (Lipinski definition) is 1. The number of pyridine rings is 1. The Morgan fingerprint density at radius 2 is 2.00 bits per heavy atom. The number of carbonyl (C=O) groups is 1. The first-order chi connectivity index (χ1) is 12.6. The highest BCUT2D eigenvalue weighted by Gasteiger charge is 2.21. The lowest BCUT2D eigenvalue weighted by atomic mass is 10.1. The predicted molar refractivity (Wildman–Crippen MR) is 106 cm³/mol. The second-order valence-corrected chi connectivity index (χ2v) is 6.74. The molecule has 1 aliphatic rings. The summed E-state index contributed by atoms with van der Waals surface area (Å²) < 4.78 is 0. The van der Waals surface area contributed by atoms with Crippen LogP contribution >= 0.6 is 11.6 Å². The number of nitrogens with one attached hydrogen (secondary N) is 1. The number of rotatable bonds is 3. The van der Waals surface area contributed by atoms with Crippen molar-refractivity contribution in [1.82, 2.24) is 4.98 Å². The molecular weight excluding hydrogens is 346 g/mol. The van der Waals surface area contributed by atoms with E-state index in [-0.39, 0.29) is 5.91 Å². The lowest BCUT2D eigenvalue weighted by Gasteiger charge is -2.19. The summed E-state index contributed by atoms with van der Waals surface area (Å²) >= 11 is 6.13. The van der Waals surface area contributed by atoms with Crippen LogP contribution in [0.25, 0.3) is 0 Å². The van der Waals surface area contributed by atoms with Gasteiger partial charge in [0.05, 0.1) is 17.4 Å². The van der Waals surface area contributed by atoms with Gasteiger partial charge < -0.3 is 10.2 Å². The lowest BCUT2D eigenvalue weighted by molar-refractivity contribution is 0.102. The number of anilines is 3. The summed E-state index contributed by atoms with van der Waals surface area (Å²) in [6.45, 7) is 2.77. The van der Waals surface area contributed by atoms with E-state index in [0.29, 0.717) is 16.3 Å². The average molecular weight is 364 g/mol. The lowest BCUT2D eigenvalue weighted by Crippen LogP contribution is -2.17.